The van der Waals surface area contributed by atoms with Crippen LogP contribution < -0.4 is 15.4 Å². The van der Waals surface area contributed by atoms with E-state index in [2.05, 4.69) is 10.6 Å². The van der Waals surface area contributed by atoms with Gasteiger partial charge in [-0.15, -0.1) is 0 Å². The average Bonchev–Trinajstić information content (AvgIpc) is 2.98. The van der Waals surface area contributed by atoms with Crippen LogP contribution in [0.25, 0.3) is 0 Å². The van der Waals surface area contributed by atoms with Crippen molar-refractivity contribution in [1.29, 1.82) is 0 Å². The fourth-order valence-electron chi connectivity index (χ4n) is 3.51. The Hall–Kier alpha value is -1.95. The largest absolute Gasteiger partial charge is 0.480 e. The SMILES string of the molecule is CC(C)(C)OC(=O)N[C@H]1CC[C@H](NC(=O)C2Cc3cc(Cl)ccc3O2)CC1. The molecule has 3 rings (SSSR count). The summed E-state index contributed by atoms with van der Waals surface area (Å²) in [6, 6.07) is 5.60. The normalized spacial score (nSPS) is 24.5. The van der Waals surface area contributed by atoms with E-state index < -0.39 is 11.7 Å². The van der Waals surface area contributed by atoms with Crippen LogP contribution in [0, 0.1) is 0 Å². The highest BCUT2D eigenvalue weighted by Crippen LogP contribution is 2.31. The maximum Gasteiger partial charge on any atom is 0.407 e. The van der Waals surface area contributed by atoms with E-state index in [0.717, 1.165) is 37.0 Å². The Morgan fingerprint density at radius 3 is 2.37 bits per heavy atom. The molecule has 6 nitrogen and oxygen atoms in total. The Labute approximate surface area is 164 Å². The number of rotatable bonds is 3. The first-order chi connectivity index (χ1) is 12.7. The summed E-state index contributed by atoms with van der Waals surface area (Å²) in [6.07, 6.45) is 2.91. The lowest BCUT2D eigenvalue weighted by atomic mass is 9.91. The van der Waals surface area contributed by atoms with Crippen LogP contribution in [0.2, 0.25) is 5.02 Å². The average molecular weight is 395 g/mol. The maximum atomic E-state index is 12.5. The first-order valence-electron chi connectivity index (χ1n) is 9.44. The molecule has 2 aliphatic rings. The van der Waals surface area contributed by atoms with E-state index in [1.54, 1.807) is 12.1 Å². The Morgan fingerprint density at radius 1 is 1.11 bits per heavy atom. The molecule has 27 heavy (non-hydrogen) atoms. The van der Waals surface area contributed by atoms with Crippen LogP contribution in [0.4, 0.5) is 4.79 Å². The second-order valence-corrected chi connectivity index (χ2v) is 8.70. The van der Waals surface area contributed by atoms with Crippen LogP contribution in [-0.2, 0) is 16.0 Å². The van der Waals surface area contributed by atoms with Gasteiger partial charge in [-0.3, -0.25) is 4.79 Å². The van der Waals surface area contributed by atoms with Crippen molar-refractivity contribution in [3.05, 3.63) is 28.8 Å². The Balaban J connectivity index is 1.42. The van der Waals surface area contributed by atoms with Gasteiger partial charge in [0.2, 0.25) is 0 Å². The minimum Gasteiger partial charge on any atom is -0.480 e. The molecule has 1 aliphatic heterocycles. The van der Waals surface area contributed by atoms with Crippen molar-refractivity contribution in [3.63, 3.8) is 0 Å². The summed E-state index contributed by atoms with van der Waals surface area (Å²) in [6.45, 7) is 5.53. The summed E-state index contributed by atoms with van der Waals surface area (Å²) < 4.78 is 11.0. The van der Waals surface area contributed by atoms with E-state index in [1.165, 1.54) is 0 Å². The van der Waals surface area contributed by atoms with Crippen molar-refractivity contribution in [3.8, 4) is 5.75 Å². The lowest BCUT2D eigenvalue weighted by Gasteiger charge is -2.31. The molecule has 0 radical (unpaired) electrons. The predicted octanol–water partition coefficient (Wildman–Crippen LogP) is 3.60. The first-order valence-corrected chi connectivity index (χ1v) is 9.82. The van der Waals surface area contributed by atoms with E-state index in [4.69, 9.17) is 21.1 Å². The lowest BCUT2D eigenvalue weighted by Crippen LogP contribution is -2.47. The quantitative estimate of drug-likeness (QED) is 0.821. The number of carbonyl (C=O) groups excluding carboxylic acids is 2. The number of nitrogens with one attached hydrogen (secondary N) is 2. The van der Waals surface area contributed by atoms with Gasteiger partial charge in [0.25, 0.3) is 5.91 Å². The van der Waals surface area contributed by atoms with Gasteiger partial charge < -0.3 is 20.1 Å². The molecule has 0 saturated heterocycles. The van der Waals surface area contributed by atoms with Crippen LogP contribution in [0.1, 0.15) is 52.0 Å². The third kappa shape index (κ3) is 5.51. The zero-order chi connectivity index (χ0) is 19.6. The van der Waals surface area contributed by atoms with Gasteiger partial charge in [-0.2, -0.15) is 0 Å². The van der Waals surface area contributed by atoms with Gasteiger partial charge in [0, 0.05) is 23.5 Å². The topological polar surface area (TPSA) is 76.7 Å². The zero-order valence-corrected chi connectivity index (χ0v) is 16.8. The molecule has 0 bridgehead atoms. The van der Waals surface area contributed by atoms with Gasteiger partial charge in [-0.25, -0.2) is 4.79 Å². The van der Waals surface area contributed by atoms with Crippen molar-refractivity contribution < 1.29 is 19.1 Å². The molecule has 0 aromatic heterocycles. The Kier molecular flexibility index (Phi) is 5.84. The number of ether oxygens (including phenoxy) is 2. The number of alkyl carbamates (subject to hydrolysis) is 1. The van der Waals surface area contributed by atoms with E-state index in [-0.39, 0.29) is 24.1 Å². The van der Waals surface area contributed by atoms with Crippen molar-refractivity contribution in [2.24, 2.45) is 0 Å². The molecule has 1 saturated carbocycles. The van der Waals surface area contributed by atoms with E-state index in [0.29, 0.717) is 11.4 Å². The molecule has 7 heteroatoms. The fourth-order valence-corrected chi connectivity index (χ4v) is 3.71. The molecule has 2 N–H and O–H groups in total. The number of amides is 2. The minimum atomic E-state index is -0.504. The molecule has 1 unspecified atom stereocenters. The smallest absolute Gasteiger partial charge is 0.407 e. The molecule has 0 spiro atoms. The van der Waals surface area contributed by atoms with Crippen LogP contribution in [0.5, 0.6) is 5.75 Å². The molecule has 148 valence electrons. The van der Waals surface area contributed by atoms with Gasteiger partial charge in [0.1, 0.15) is 11.4 Å². The molecular weight excluding hydrogens is 368 g/mol. The van der Waals surface area contributed by atoms with Crippen molar-refractivity contribution in [2.75, 3.05) is 0 Å². The highest BCUT2D eigenvalue weighted by molar-refractivity contribution is 6.30. The van der Waals surface area contributed by atoms with Crippen molar-refractivity contribution in [2.45, 2.75) is 76.7 Å². The van der Waals surface area contributed by atoms with Crippen LogP contribution in [0.15, 0.2) is 18.2 Å². The highest BCUT2D eigenvalue weighted by Gasteiger charge is 2.32. The Morgan fingerprint density at radius 2 is 1.74 bits per heavy atom. The molecule has 1 atom stereocenters. The second kappa shape index (κ2) is 7.97. The molecule has 1 heterocycles. The zero-order valence-electron chi connectivity index (χ0n) is 16.0. The molecule has 1 aromatic carbocycles. The molecule has 2 amide bonds. The minimum absolute atomic E-state index is 0.0853. The van der Waals surface area contributed by atoms with Gasteiger partial charge >= 0.3 is 6.09 Å². The third-order valence-electron chi connectivity index (χ3n) is 4.78. The van der Waals surface area contributed by atoms with Crippen molar-refractivity contribution in [1.82, 2.24) is 10.6 Å². The number of halogens is 1. The third-order valence-corrected chi connectivity index (χ3v) is 5.02. The molecule has 1 aliphatic carbocycles. The summed E-state index contributed by atoms with van der Waals surface area (Å²) in [5.74, 6) is 0.635. The predicted molar refractivity (Wildman–Crippen MR) is 103 cm³/mol. The maximum absolute atomic E-state index is 12.5. The van der Waals surface area contributed by atoms with Gasteiger partial charge in [0.05, 0.1) is 0 Å². The van der Waals surface area contributed by atoms with Gasteiger partial charge in [0.15, 0.2) is 6.10 Å². The fraction of sp³-hybridized carbons (Fsp3) is 0.600. The molecule has 1 aromatic rings. The van der Waals surface area contributed by atoms with E-state index in [9.17, 15) is 9.59 Å². The van der Waals surface area contributed by atoms with Crippen LogP contribution >= 0.6 is 11.6 Å². The number of hydrogen-bond acceptors (Lipinski definition) is 4. The lowest BCUT2D eigenvalue weighted by molar-refractivity contribution is -0.128. The van der Waals surface area contributed by atoms with E-state index in [1.807, 2.05) is 26.8 Å². The summed E-state index contributed by atoms with van der Waals surface area (Å²) in [4.78, 5) is 24.4. The Bertz CT molecular complexity index is 708. The van der Waals surface area contributed by atoms with Crippen LogP contribution in [-0.4, -0.2) is 35.8 Å². The molecular formula is C20H27ClN2O4. The molecule has 1 fully saturated rings. The van der Waals surface area contributed by atoms with Crippen LogP contribution in [0.3, 0.4) is 0 Å². The van der Waals surface area contributed by atoms with Crippen molar-refractivity contribution >= 4 is 23.6 Å². The van der Waals surface area contributed by atoms with E-state index >= 15 is 0 Å². The van der Waals surface area contributed by atoms with Gasteiger partial charge in [-0.1, -0.05) is 11.6 Å². The number of hydrogen-bond donors (Lipinski definition) is 2. The summed E-state index contributed by atoms with van der Waals surface area (Å²) in [7, 11) is 0. The van der Waals surface area contributed by atoms with Gasteiger partial charge in [-0.05, 0) is 70.2 Å². The second-order valence-electron chi connectivity index (χ2n) is 8.27. The summed E-state index contributed by atoms with van der Waals surface area (Å²) in [5.41, 5.74) is 0.464. The standard InChI is InChI=1S/C20H27ClN2O4/c1-20(2,3)27-19(25)23-15-7-5-14(6-8-15)22-18(24)17-11-12-10-13(21)4-9-16(12)26-17/h4,9-10,14-15,17H,5-8,11H2,1-3H3,(H,22,24)(H,23,25)/t14-,15-,17?. The monoisotopic (exact) mass is 394 g/mol. The number of benzene rings is 1. The number of carbonyl (C=O) groups is 2. The summed E-state index contributed by atoms with van der Waals surface area (Å²) >= 11 is 6.00. The summed E-state index contributed by atoms with van der Waals surface area (Å²) in [5, 5.41) is 6.64. The first kappa shape index (κ1) is 19.8. The highest BCUT2D eigenvalue weighted by atomic mass is 35.5. The number of fused-ring (bicyclic) bond motifs is 1.